The molecule has 0 aliphatic carbocycles. The molecule has 0 radical (unpaired) electrons. The van der Waals surface area contributed by atoms with Gasteiger partial charge in [0.05, 0.1) is 6.54 Å². The van der Waals surface area contributed by atoms with Crippen LogP contribution in [0.25, 0.3) is 11.2 Å². The van der Waals surface area contributed by atoms with Gasteiger partial charge in [0, 0.05) is 27.2 Å². The highest BCUT2D eigenvalue weighted by Gasteiger charge is 2.24. The molecule has 136 valence electrons. The molecule has 0 bridgehead atoms. The fraction of sp³-hybridized carbons (Fsp3) is 0.389. The molecule has 0 amide bonds. The van der Waals surface area contributed by atoms with Crippen molar-refractivity contribution in [3.05, 3.63) is 56.5 Å². The summed E-state index contributed by atoms with van der Waals surface area (Å²) < 4.78 is 17.6. The number of anilines is 1. The smallest absolute Gasteiger partial charge is 0.332 e. The molecule has 0 N–H and O–H groups in total. The Balaban J connectivity index is 1.98. The number of aromatic nitrogens is 4. The molecule has 4 rings (SSSR count). The van der Waals surface area contributed by atoms with E-state index in [9.17, 15) is 14.0 Å². The van der Waals surface area contributed by atoms with Gasteiger partial charge in [-0.05, 0) is 30.5 Å². The number of fused-ring (bicyclic) bond motifs is 1. The Labute approximate surface area is 148 Å². The Morgan fingerprint density at radius 1 is 1.04 bits per heavy atom. The summed E-state index contributed by atoms with van der Waals surface area (Å²) in [5.74, 6) is 0.377. The monoisotopic (exact) mass is 357 g/mol. The SMILES string of the molecule is Cn1c(=O)c2c(nc(N3CCCC3)n2Cc2ccc(F)cc2)n(C)c1=O. The first-order valence-electron chi connectivity index (χ1n) is 8.63. The van der Waals surface area contributed by atoms with Crippen molar-refractivity contribution in [1.29, 1.82) is 0 Å². The molecule has 0 unspecified atom stereocenters. The van der Waals surface area contributed by atoms with E-state index in [1.165, 1.54) is 23.7 Å². The van der Waals surface area contributed by atoms with Gasteiger partial charge in [-0.3, -0.25) is 18.5 Å². The van der Waals surface area contributed by atoms with Crippen molar-refractivity contribution in [3.63, 3.8) is 0 Å². The maximum atomic E-state index is 13.2. The lowest BCUT2D eigenvalue weighted by Gasteiger charge is -2.18. The van der Waals surface area contributed by atoms with Gasteiger partial charge < -0.3 is 4.90 Å². The van der Waals surface area contributed by atoms with E-state index in [1.54, 1.807) is 19.2 Å². The third-order valence-electron chi connectivity index (χ3n) is 4.97. The Kier molecular flexibility index (Phi) is 3.90. The molecule has 1 saturated heterocycles. The third-order valence-corrected chi connectivity index (χ3v) is 4.97. The van der Waals surface area contributed by atoms with Gasteiger partial charge in [0.1, 0.15) is 5.82 Å². The molecule has 0 atom stereocenters. The zero-order chi connectivity index (χ0) is 18.4. The topological polar surface area (TPSA) is 65.1 Å². The van der Waals surface area contributed by atoms with Gasteiger partial charge in [0.25, 0.3) is 5.56 Å². The minimum Gasteiger partial charge on any atom is -0.342 e. The number of hydrogen-bond acceptors (Lipinski definition) is 4. The molecule has 0 spiro atoms. The van der Waals surface area contributed by atoms with Crippen molar-refractivity contribution in [2.24, 2.45) is 14.1 Å². The number of aryl methyl sites for hydroxylation is 1. The zero-order valence-electron chi connectivity index (χ0n) is 14.8. The maximum absolute atomic E-state index is 13.2. The number of imidazole rings is 1. The number of benzene rings is 1. The summed E-state index contributed by atoms with van der Waals surface area (Å²) in [6, 6.07) is 6.19. The van der Waals surface area contributed by atoms with E-state index in [2.05, 4.69) is 9.88 Å². The van der Waals surface area contributed by atoms with E-state index in [1.807, 2.05) is 4.57 Å². The van der Waals surface area contributed by atoms with E-state index in [0.29, 0.717) is 23.7 Å². The Morgan fingerprint density at radius 2 is 1.69 bits per heavy atom. The van der Waals surface area contributed by atoms with Crippen LogP contribution in [0.5, 0.6) is 0 Å². The first-order chi connectivity index (χ1) is 12.5. The van der Waals surface area contributed by atoms with Crippen LogP contribution >= 0.6 is 0 Å². The molecule has 1 fully saturated rings. The van der Waals surface area contributed by atoms with Gasteiger partial charge in [-0.25, -0.2) is 9.18 Å². The minimum atomic E-state index is -0.401. The van der Waals surface area contributed by atoms with Gasteiger partial charge in [-0.15, -0.1) is 0 Å². The van der Waals surface area contributed by atoms with E-state index >= 15 is 0 Å². The van der Waals surface area contributed by atoms with Gasteiger partial charge in [0.15, 0.2) is 11.2 Å². The van der Waals surface area contributed by atoms with E-state index < -0.39 is 5.69 Å². The Hall–Kier alpha value is -2.90. The predicted octanol–water partition coefficient (Wildman–Crippen LogP) is 1.22. The zero-order valence-corrected chi connectivity index (χ0v) is 14.8. The van der Waals surface area contributed by atoms with Gasteiger partial charge >= 0.3 is 5.69 Å². The summed E-state index contributed by atoms with van der Waals surface area (Å²) in [6.07, 6.45) is 2.13. The lowest BCUT2D eigenvalue weighted by molar-refractivity contribution is 0.626. The summed E-state index contributed by atoms with van der Waals surface area (Å²) in [7, 11) is 3.09. The molecule has 3 heterocycles. The van der Waals surface area contributed by atoms with Crippen LogP contribution in [-0.4, -0.2) is 31.8 Å². The molecule has 1 aliphatic heterocycles. The van der Waals surface area contributed by atoms with Gasteiger partial charge in [-0.1, -0.05) is 12.1 Å². The highest BCUT2D eigenvalue weighted by atomic mass is 19.1. The normalized spacial score (nSPS) is 14.5. The number of hydrogen-bond donors (Lipinski definition) is 0. The van der Waals surface area contributed by atoms with Gasteiger partial charge in [-0.2, -0.15) is 4.98 Å². The second-order valence-corrected chi connectivity index (χ2v) is 6.70. The number of rotatable bonds is 3. The van der Waals surface area contributed by atoms with Crippen molar-refractivity contribution < 1.29 is 4.39 Å². The van der Waals surface area contributed by atoms with Crippen LogP contribution in [0.2, 0.25) is 0 Å². The predicted molar refractivity (Wildman–Crippen MR) is 97.2 cm³/mol. The fourth-order valence-corrected chi connectivity index (χ4v) is 3.52. The number of nitrogens with zero attached hydrogens (tertiary/aromatic N) is 5. The number of halogens is 1. The maximum Gasteiger partial charge on any atom is 0.332 e. The van der Waals surface area contributed by atoms with E-state index in [4.69, 9.17) is 0 Å². The second kappa shape index (κ2) is 6.12. The summed E-state index contributed by atoms with van der Waals surface area (Å²) in [6.45, 7) is 2.11. The van der Waals surface area contributed by atoms with E-state index in [0.717, 1.165) is 36.1 Å². The van der Waals surface area contributed by atoms with Crippen LogP contribution in [0.3, 0.4) is 0 Å². The lowest BCUT2D eigenvalue weighted by atomic mass is 10.2. The van der Waals surface area contributed by atoms with Crippen LogP contribution in [0.15, 0.2) is 33.9 Å². The van der Waals surface area contributed by atoms with Crippen molar-refractivity contribution in [3.8, 4) is 0 Å². The molecule has 7 nitrogen and oxygen atoms in total. The first-order valence-corrected chi connectivity index (χ1v) is 8.63. The Morgan fingerprint density at radius 3 is 2.35 bits per heavy atom. The highest BCUT2D eigenvalue weighted by molar-refractivity contribution is 5.74. The molecular formula is C18H20FN5O2. The molecule has 1 aromatic carbocycles. The lowest BCUT2D eigenvalue weighted by Crippen LogP contribution is -2.37. The van der Waals surface area contributed by atoms with Crippen LogP contribution in [-0.2, 0) is 20.6 Å². The van der Waals surface area contributed by atoms with Crippen molar-refractivity contribution in [2.45, 2.75) is 19.4 Å². The second-order valence-electron chi connectivity index (χ2n) is 6.70. The van der Waals surface area contributed by atoms with E-state index in [-0.39, 0.29) is 11.4 Å². The summed E-state index contributed by atoms with van der Waals surface area (Å²) >= 11 is 0. The molecule has 8 heteroatoms. The summed E-state index contributed by atoms with van der Waals surface area (Å²) in [5.41, 5.74) is 0.857. The molecule has 0 saturated carbocycles. The largest absolute Gasteiger partial charge is 0.342 e. The van der Waals surface area contributed by atoms with Crippen LogP contribution in [0.1, 0.15) is 18.4 Å². The van der Waals surface area contributed by atoms with Crippen LogP contribution < -0.4 is 16.1 Å². The Bertz CT molecular complexity index is 1090. The van der Waals surface area contributed by atoms with Crippen molar-refractivity contribution in [1.82, 2.24) is 18.7 Å². The molecule has 1 aliphatic rings. The third kappa shape index (κ3) is 2.53. The average Bonchev–Trinajstić information content (AvgIpc) is 3.28. The van der Waals surface area contributed by atoms with Gasteiger partial charge in [0.2, 0.25) is 5.95 Å². The highest BCUT2D eigenvalue weighted by Crippen LogP contribution is 2.24. The van der Waals surface area contributed by atoms with Crippen LogP contribution in [0.4, 0.5) is 10.3 Å². The quantitative estimate of drug-likeness (QED) is 0.707. The van der Waals surface area contributed by atoms with Crippen molar-refractivity contribution in [2.75, 3.05) is 18.0 Å². The van der Waals surface area contributed by atoms with Crippen molar-refractivity contribution >= 4 is 17.1 Å². The summed E-state index contributed by atoms with van der Waals surface area (Å²) in [4.78, 5) is 31.8. The fourth-order valence-electron chi connectivity index (χ4n) is 3.52. The molecule has 2 aromatic heterocycles. The van der Waals surface area contributed by atoms with Crippen LogP contribution in [0, 0.1) is 5.82 Å². The minimum absolute atomic E-state index is 0.303. The molecular weight excluding hydrogens is 337 g/mol. The molecule has 26 heavy (non-hydrogen) atoms. The average molecular weight is 357 g/mol. The molecule has 3 aromatic rings. The summed E-state index contributed by atoms with van der Waals surface area (Å²) in [5, 5.41) is 0. The first kappa shape index (κ1) is 16.6. The standard InChI is InChI=1S/C18H20FN5O2/c1-21-15-14(16(25)22(2)18(21)26)24(11-12-5-7-13(19)8-6-12)17(20-15)23-9-3-4-10-23/h5-8H,3-4,9-11H2,1-2H3.